The molecular weight excluding hydrogens is 436 g/mol. The van der Waals surface area contributed by atoms with Crippen LogP contribution >= 0.6 is 15.9 Å². The molecule has 0 atom stereocenters. The van der Waals surface area contributed by atoms with Crippen LogP contribution in [0.5, 0.6) is 0 Å². The lowest BCUT2D eigenvalue weighted by Crippen LogP contribution is -2.16. The van der Waals surface area contributed by atoms with E-state index in [1.165, 1.54) is 10.8 Å². The number of hydrogen-bond acceptors (Lipinski definition) is 10. The topological polar surface area (TPSA) is 143 Å². The molecule has 0 N–H and O–H groups in total. The molecule has 0 amide bonds. The summed E-state index contributed by atoms with van der Waals surface area (Å²) in [5.74, 6) is -0.0623. The van der Waals surface area contributed by atoms with E-state index in [0.29, 0.717) is 24.3 Å². The van der Waals surface area contributed by atoms with Crippen molar-refractivity contribution in [1.82, 2.24) is 20.0 Å². The molecule has 0 aliphatic heterocycles. The van der Waals surface area contributed by atoms with E-state index >= 15 is 0 Å². The van der Waals surface area contributed by atoms with Crippen LogP contribution in [0.2, 0.25) is 0 Å². The third-order valence-electron chi connectivity index (χ3n) is 3.25. The van der Waals surface area contributed by atoms with E-state index < -0.39 is 15.9 Å². The summed E-state index contributed by atoms with van der Waals surface area (Å²) in [5, 5.41) is 11.3. The Hall–Kier alpha value is -2.25. The van der Waals surface area contributed by atoms with Crippen molar-refractivity contribution in [2.45, 2.75) is 19.4 Å². The summed E-state index contributed by atoms with van der Waals surface area (Å²) in [6.45, 7) is 0.0595. The average molecular weight is 449 g/mol. The number of hydrogen-bond donors (Lipinski definition) is 0. The van der Waals surface area contributed by atoms with Crippen molar-refractivity contribution < 1.29 is 26.2 Å². The first-order valence-corrected chi connectivity index (χ1v) is 9.90. The van der Waals surface area contributed by atoms with Gasteiger partial charge < -0.3 is 4.42 Å². The van der Waals surface area contributed by atoms with E-state index in [9.17, 15) is 13.2 Å². The summed E-state index contributed by atoms with van der Waals surface area (Å²) < 4.78 is 43.3. The van der Waals surface area contributed by atoms with Crippen LogP contribution in [0.25, 0.3) is 11.5 Å². The Labute approximate surface area is 155 Å². The minimum absolute atomic E-state index is 0.0167. The second-order valence-electron chi connectivity index (χ2n) is 5.28. The van der Waals surface area contributed by atoms with Crippen LogP contribution in [0.15, 0.2) is 35.2 Å². The molecule has 3 aromatic heterocycles. The van der Waals surface area contributed by atoms with Gasteiger partial charge in [-0.05, 0) is 40.0 Å². The van der Waals surface area contributed by atoms with Crippen molar-refractivity contribution in [3.63, 3.8) is 0 Å². The normalized spacial score (nSPS) is 11.9. The van der Waals surface area contributed by atoms with Gasteiger partial charge in [0.2, 0.25) is 5.82 Å². The third-order valence-corrected chi connectivity index (χ3v) is 4.26. The SMILES string of the molecule is CS(=O)(=O)OCCCc1nonc1-c1noc(=O)n1Cc1cc(Br)co1. The lowest BCUT2D eigenvalue weighted by Gasteiger charge is -2.02. The molecule has 0 unspecified atom stereocenters. The highest BCUT2D eigenvalue weighted by Crippen LogP contribution is 2.21. The Kier molecular flexibility index (Phi) is 5.38. The van der Waals surface area contributed by atoms with Crippen LogP contribution in [-0.2, 0) is 27.3 Å². The number of aromatic nitrogens is 4. The van der Waals surface area contributed by atoms with Crippen molar-refractivity contribution in [3.05, 3.63) is 38.8 Å². The minimum atomic E-state index is -3.51. The Morgan fingerprint density at radius 1 is 1.31 bits per heavy atom. The maximum atomic E-state index is 11.9. The number of halogens is 1. The molecular formula is C13H13BrN4O7S. The van der Waals surface area contributed by atoms with E-state index in [0.717, 1.165) is 10.7 Å². The van der Waals surface area contributed by atoms with Crippen LogP contribution in [0, 0.1) is 0 Å². The van der Waals surface area contributed by atoms with E-state index in [1.807, 2.05) is 0 Å². The van der Waals surface area contributed by atoms with Gasteiger partial charge in [-0.1, -0.05) is 10.3 Å². The molecule has 3 heterocycles. The molecule has 0 aliphatic carbocycles. The maximum Gasteiger partial charge on any atom is 0.442 e. The first kappa shape index (κ1) is 18.5. The van der Waals surface area contributed by atoms with Crippen molar-refractivity contribution in [1.29, 1.82) is 0 Å². The maximum absolute atomic E-state index is 11.9. The first-order valence-electron chi connectivity index (χ1n) is 7.29. The average Bonchev–Trinajstić information content (AvgIpc) is 3.26. The molecule has 3 rings (SSSR count). The summed E-state index contributed by atoms with van der Waals surface area (Å²) in [6, 6.07) is 1.70. The monoisotopic (exact) mass is 448 g/mol. The number of rotatable bonds is 8. The van der Waals surface area contributed by atoms with Crippen LogP contribution in [0.3, 0.4) is 0 Å². The Morgan fingerprint density at radius 3 is 2.81 bits per heavy atom. The molecule has 0 saturated heterocycles. The molecule has 0 radical (unpaired) electrons. The van der Waals surface area contributed by atoms with Gasteiger partial charge in [0.25, 0.3) is 10.1 Å². The summed E-state index contributed by atoms with van der Waals surface area (Å²) >= 11 is 3.26. The highest BCUT2D eigenvalue weighted by molar-refractivity contribution is 9.10. The summed E-state index contributed by atoms with van der Waals surface area (Å²) in [6.07, 6.45) is 3.11. The minimum Gasteiger partial charge on any atom is -0.466 e. The molecule has 11 nitrogen and oxygen atoms in total. The molecule has 0 aromatic carbocycles. The number of furan rings is 1. The summed E-state index contributed by atoms with van der Waals surface area (Å²) in [5.41, 5.74) is 0.616. The Balaban J connectivity index is 1.78. The molecule has 0 bridgehead atoms. The van der Waals surface area contributed by atoms with E-state index in [-0.39, 0.29) is 24.7 Å². The molecule has 140 valence electrons. The standard InChI is InChI=1S/C13H13BrN4O7S/c1-26(20,21)23-4-2-3-10-11(16-25-15-10)12-17-24-13(19)18(12)6-9-5-8(14)7-22-9/h5,7H,2-4,6H2,1H3. The predicted octanol–water partition coefficient (Wildman–Crippen LogP) is 1.20. The molecule has 3 aromatic rings. The Morgan fingerprint density at radius 2 is 2.12 bits per heavy atom. The van der Waals surface area contributed by atoms with Gasteiger partial charge in [0, 0.05) is 0 Å². The van der Waals surface area contributed by atoms with Crippen LogP contribution in [0.4, 0.5) is 0 Å². The van der Waals surface area contributed by atoms with Crippen LogP contribution in [0.1, 0.15) is 17.9 Å². The number of aryl methyl sites for hydroxylation is 1. The molecule has 26 heavy (non-hydrogen) atoms. The zero-order valence-corrected chi connectivity index (χ0v) is 15.8. The second-order valence-corrected chi connectivity index (χ2v) is 7.84. The fraction of sp³-hybridized carbons (Fsp3) is 0.385. The van der Waals surface area contributed by atoms with Gasteiger partial charge in [-0.15, -0.1) is 0 Å². The summed E-state index contributed by atoms with van der Waals surface area (Å²) in [7, 11) is -3.51. The fourth-order valence-corrected chi connectivity index (χ4v) is 2.93. The largest absolute Gasteiger partial charge is 0.466 e. The zero-order valence-electron chi connectivity index (χ0n) is 13.4. The van der Waals surface area contributed by atoms with Gasteiger partial charge in [-0.25, -0.2) is 14.0 Å². The van der Waals surface area contributed by atoms with E-state index in [1.54, 1.807) is 6.07 Å². The molecule has 0 saturated carbocycles. The number of nitrogens with zero attached hydrogens (tertiary/aromatic N) is 4. The second kappa shape index (κ2) is 7.55. The quantitative estimate of drug-likeness (QED) is 0.363. The van der Waals surface area contributed by atoms with Crippen LogP contribution < -0.4 is 5.76 Å². The predicted molar refractivity (Wildman–Crippen MR) is 88.7 cm³/mol. The van der Waals surface area contributed by atoms with Crippen LogP contribution in [-0.4, -0.2) is 41.3 Å². The van der Waals surface area contributed by atoms with Crippen molar-refractivity contribution in [2.75, 3.05) is 12.9 Å². The smallest absolute Gasteiger partial charge is 0.442 e. The van der Waals surface area contributed by atoms with Gasteiger partial charge in [0.05, 0.1) is 23.9 Å². The third kappa shape index (κ3) is 4.47. The van der Waals surface area contributed by atoms with Gasteiger partial charge in [0.1, 0.15) is 17.7 Å². The lowest BCUT2D eigenvalue weighted by molar-refractivity contribution is 0.297. The van der Waals surface area contributed by atoms with Crippen molar-refractivity contribution in [2.24, 2.45) is 0 Å². The van der Waals surface area contributed by atoms with Crippen molar-refractivity contribution >= 4 is 26.0 Å². The molecule has 0 spiro atoms. The molecule has 0 aliphatic rings. The molecule has 13 heteroatoms. The first-order chi connectivity index (χ1) is 12.3. The van der Waals surface area contributed by atoms with E-state index in [2.05, 4.69) is 35.6 Å². The lowest BCUT2D eigenvalue weighted by atomic mass is 10.2. The van der Waals surface area contributed by atoms with Gasteiger partial charge in [-0.2, -0.15) is 8.42 Å². The zero-order chi connectivity index (χ0) is 18.7. The van der Waals surface area contributed by atoms with Gasteiger partial charge in [-0.3, -0.25) is 8.71 Å². The highest BCUT2D eigenvalue weighted by atomic mass is 79.9. The summed E-state index contributed by atoms with van der Waals surface area (Å²) in [4.78, 5) is 11.9. The van der Waals surface area contributed by atoms with Gasteiger partial charge in [0.15, 0.2) is 5.69 Å². The Bertz CT molecular complexity index is 1050. The van der Waals surface area contributed by atoms with E-state index in [4.69, 9.17) is 13.6 Å². The molecule has 0 fully saturated rings. The van der Waals surface area contributed by atoms with Gasteiger partial charge >= 0.3 is 5.76 Å². The van der Waals surface area contributed by atoms with Crippen molar-refractivity contribution in [3.8, 4) is 11.5 Å². The fourth-order valence-electron chi connectivity index (χ4n) is 2.16. The highest BCUT2D eigenvalue weighted by Gasteiger charge is 2.22.